The quantitative estimate of drug-likeness (QED) is 0.589. The molecule has 2 amide bonds. The topological polar surface area (TPSA) is 73.4 Å². The second-order valence-corrected chi connectivity index (χ2v) is 5.65. The molecule has 1 aliphatic heterocycles. The van der Waals surface area contributed by atoms with Crippen LogP contribution in [0.5, 0.6) is 0 Å². The van der Waals surface area contributed by atoms with E-state index in [-0.39, 0.29) is 11.9 Å². The highest BCUT2D eigenvalue weighted by atomic mass is 16.2. The number of nitrogens with two attached hydrogens (primary N) is 1. The zero-order chi connectivity index (χ0) is 13.1. The van der Waals surface area contributed by atoms with Crippen molar-refractivity contribution in [3.63, 3.8) is 0 Å². The van der Waals surface area contributed by atoms with Crippen molar-refractivity contribution in [1.82, 2.24) is 9.80 Å². The van der Waals surface area contributed by atoms with Crippen LogP contribution in [0.3, 0.4) is 0 Å². The Morgan fingerprint density at radius 1 is 1.33 bits per heavy atom. The predicted octanol–water partition coefficient (Wildman–Crippen LogP) is 1.63. The number of rotatable bonds is 4. The molecule has 3 N–H and O–H groups in total. The largest absolute Gasteiger partial charge is 0.388 e. The summed E-state index contributed by atoms with van der Waals surface area (Å²) in [5.41, 5.74) is 5.39. The number of urea groups is 1. The molecule has 1 saturated heterocycles. The second-order valence-electron chi connectivity index (χ2n) is 5.65. The van der Waals surface area contributed by atoms with Gasteiger partial charge in [-0.15, -0.1) is 0 Å². The summed E-state index contributed by atoms with van der Waals surface area (Å²) in [4.78, 5) is 16.3. The summed E-state index contributed by atoms with van der Waals surface area (Å²) < 4.78 is 0. The van der Waals surface area contributed by atoms with Gasteiger partial charge in [-0.05, 0) is 31.6 Å². The number of amidine groups is 1. The molecule has 0 unspecified atom stereocenters. The molecule has 5 nitrogen and oxygen atoms in total. The summed E-state index contributed by atoms with van der Waals surface area (Å²) in [6.45, 7) is 4.60. The Hall–Kier alpha value is -1.26. The van der Waals surface area contributed by atoms with Crippen LogP contribution in [0.15, 0.2) is 0 Å². The van der Waals surface area contributed by atoms with E-state index in [1.807, 2.05) is 9.80 Å². The van der Waals surface area contributed by atoms with Crippen molar-refractivity contribution < 1.29 is 4.79 Å². The number of nitrogens with one attached hydrogen (secondary N) is 1. The Kier molecular flexibility index (Phi) is 4.09. The molecule has 1 saturated carbocycles. The zero-order valence-electron chi connectivity index (χ0n) is 11.2. The monoisotopic (exact) mass is 252 g/mol. The van der Waals surface area contributed by atoms with E-state index in [0.29, 0.717) is 19.0 Å². The molecular formula is C13H24N4O. The molecule has 18 heavy (non-hydrogen) atoms. The first-order chi connectivity index (χ1) is 8.58. The molecule has 0 radical (unpaired) electrons. The average Bonchev–Trinajstić information content (AvgIpc) is 3.14. The smallest absolute Gasteiger partial charge is 0.320 e. The van der Waals surface area contributed by atoms with Crippen molar-refractivity contribution in [2.24, 2.45) is 11.7 Å². The number of piperidine rings is 1. The third kappa shape index (κ3) is 3.37. The Bertz CT molecular complexity index is 319. The lowest BCUT2D eigenvalue weighted by molar-refractivity contribution is 0.133. The van der Waals surface area contributed by atoms with Gasteiger partial charge in [0.2, 0.25) is 0 Å². The van der Waals surface area contributed by atoms with Crippen molar-refractivity contribution in [1.29, 1.82) is 5.41 Å². The van der Waals surface area contributed by atoms with Gasteiger partial charge in [0, 0.05) is 32.1 Å². The van der Waals surface area contributed by atoms with Gasteiger partial charge in [0.25, 0.3) is 0 Å². The molecule has 1 aliphatic carbocycles. The van der Waals surface area contributed by atoms with Crippen molar-refractivity contribution in [2.45, 2.75) is 45.1 Å². The SMILES string of the molecule is CC1CCN(C(=O)N(CCC(=N)N)C2CC2)CC1. The Morgan fingerprint density at radius 3 is 2.44 bits per heavy atom. The van der Waals surface area contributed by atoms with Crippen LogP contribution in [-0.2, 0) is 0 Å². The third-order valence-corrected chi connectivity index (χ3v) is 3.91. The van der Waals surface area contributed by atoms with Gasteiger partial charge in [0.15, 0.2) is 0 Å². The number of likely N-dealkylation sites (tertiary alicyclic amines) is 1. The van der Waals surface area contributed by atoms with Crippen LogP contribution in [0.25, 0.3) is 0 Å². The van der Waals surface area contributed by atoms with Crippen LogP contribution in [0, 0.1) is 11.3 Å². The van der Waals surface area contributed by atoms with Crippen molar-refractivity contribution in [3.05, 3.63) is 0 Å². The fourth-order valence-electron chi connectivity index (χ4n) is 2.44. The van der Waals surface area contributed by atoms with Gasteiger partial charge in [-0.1, -0.05) is 6.92 Å². The Labute approximate surface area is 109 Å². The molecule has 5 heteroatoms. The third-order valence-electron chi connectivity index (χ3n) is 3.91. The molecule has 102 valence electrons. The van der Waals surface area contributed by atoms with Crippen LogP contribution in [0.1, 0.15) is 39.0 Å². The Balaban J connectivity index is 1.89. The number of nitrogens with zero attached hydrogens (tertiary/aromatic N) is 2. The molecule has 2 fully saturated rings. The summed E-state index contributed by atoms with van der Waals surface area (Å²) in [5.74, 6) is 0.904. The maximum atomic E-state index is 12.4. The fourth-order valence-corrected chi connectivity index (χ4v) is 2.44. The Morgan fingerprint density at radius 2 is 1.94 bits per heavy atom. The minimum atomic E-state index is 0.158. The lowest BCUT2D eigenvalue weighted by Gasteiger charge is -2.35. The minimum Gasteiger partial charge on any atom is -0.388 e. The number of carbonyl (C=O) groups is 1. The molecule has 0 aromatic heterocycles. The maximum Gasteiger partial charge on any atom is 0.320 e. The van der Waals surface area contributed by atoms with Crippen LogP contribution in [-0.4, -0.2) is 47.3 Å². The summed E-state index contributed by atoms with van der Waals surface area (Å²) in [7, 11) is 0. The van der Waals surface area contributed by atoms with Gasteiger partial charge in [-0.3, -0.25) is 5.41 Å². The molecule has 0 aromatic rings. The minimum absolute atomic E-state index is 0.158. The molecule has 0 aromatic carbocycles. The van der Waals surface area contributed by atoms with E-state index in [4.69, 9.17) is 11.1 Å². The lowest BCUT2D eigenvalue weighted by atomic mass is 9.99. The molecule has 0 atom stereocenters. The normalized spacial score (nSPS) is 20.8. The first-order valence-electron chi connectivity index (χ1n) is 6.96. The highest BCUT2D eigenvalue weighted by molar-refractivity contribution is 5.79. The van der Waals surface area contributed by atoms with E-state index in [9.17, 15) is 4.79 Å². The van der Waals surface area contributed by atoms with Gasteiger partial charge < -0.3 is 15.5 Å². The zero-order valence-corrected chi connectivity index (χ0v) is 11.2. The summed E-state index contributed by atoms with van der Waals surface area (Å²) in [6.07, 6.45) is 4.92. The van der Waals surface area contributed by atoms with E-state index < -0.39 is 0 Å². The van der Waals surface area contributed by atoms with E-state index in [1.54, 1.807) is 0 Å². The number of hydrogen-bond acceptors (Lipinski definition) is 2. The van der Waals surface area contributed by atoms with Gasteiger partial charge in [-0.25, -0.2) is 4.79 Å². The van der Waals surface area contributed by atoms with Gasteiger partial charge in [0.05, 0.1) is 5.84 Å². The second kappa shape index (κ2) is 5.59. The standard InChI is InChI=1S/C13H24N4O/c1-10-4-7-16(8-5-10)13(18)17(11-2-3-11)9-6-12(14)15/h10-11H,2-9H2,1H3,(H3,14,15). The lowest BCUT2D eigenvalue weighted by Crippen LogP contribution is -2.48. The molecule has 0 bridgehead atoms. The molecular weight excluding hydrogens is 228 g/mol. The van der Waals surface area contributed by atoms with Crippen molar-refractivity contribution in [3.8, 4) is 0 Å². The van der Waals surface area contributed by atoms with Gasteiger partial charge >= 0.3 is 6.03 Å². The summed E-state index contributed by atoms with van der Waals surface area (Å²) in [6, 6.07) is 0.557. The summed E-state index contributed by atoms with van der Waals surface area (Å²) in [5, 5.41) is 7.29. The van der Waals surface area contributed by atoms with E-state index >= 15 is 0 Å². The van der Waals surface area contributed by atoms with E-state index in [2.05, 4.69) is 6.92 Å². The molecule has 0 spiro atoms. The first-order valence-corrected chi connectivity index (χ1v) is 6.96. The van der Waals surface area contributed by atoms with Crippen molar-refractivity contribution >= 4 is 11.9 Å². The average molecular weight is 252 g/mol. The molecule has 2 aliphatic rings. The number of carbonyl (C=O) groups excluding carboxylic acids is 1. The maximum absolute atomic E-state index is 12.4. The molecule has 2 rings (SSSR count). The highest BCUT2D eigenvalue weighted by Crippen LogP contribution is 2.29. The van der Waals surface area contributed by atoms with Gasteiger partial charge in [-0.2, -0.15) is 0 Å². The van der Waals surface area contributed by atoms with Gasteiger partial charge in [0.1, 0.15) is 0 Å². The van der Waals surface area contributed by atoms with Crippen molar-refractivity contribution in [2.75, 3.05) is 19.6 Å². The number of hydrogen-bond donors (Lipinski definition) is 2. The number of amides is 2. The predicted molar refractivity (Wildman–Crippen MR) is 71.6 cm³/mol. The first kappa shape index (κ1) is 13.2. The van der Waals surface area contributed by atoms with E-state index in [0.717, 1.165) is 44.7 Å². The highest BCUT2D eigenvalue weighted by Gasteiger charge is 2.35. The van der Waals surface area contributed by atoms with Crippen LogP contribution >= 0.6 is 0 Å². The molecule has 1 heterocycles. The van der Waals surface area contributed by atoms with Crippen LogP contribution < -0.4 is 5.73 Å². The summed E-state index contributed by atoms with van der Waals surface area (Å²) >= 11 is 0. The van der Waals surface area contributed by atoms with Crippen LogP contribution in [0.2, 0.25) is 0 Å². The fraction of sp³-hybridized carbons (Fsp3) is 0.846. The van der Waals surface area contributed by atoms with E-state index in [1.165, 1.54) is 0 Å². The van der Waals surface area contributed by atoms with Crippen LogP contribution in [0.4, 0.5) is 4.79 Å².